The van der Waals surface area contributed by atoms with Gasteiger partial charge in [-0.15, -0.1) is 0 Å². The number of hydrogen-bond acceptors (Lipinski definition) is 4. The van der Waals surface area contributed by atoms with Gasteiger partial charge in [-0.05, 0) is 42.4 Å². The number of benzene rings is 1. The molecule has 0 bridgehead atoms. The highest BCUT2D eigenvalue weighted by atomic mass is 16.7. The molecule has 3 rings (SSSR count). The number of cyclic esters (lactones) is 2. The average Bonchev–Trinajstić information content (AvgIpc) is 2.82. The third kappa shape index (κ3) is 2.40. The van der Waals surface area contributed by atoms with Gasteiger partial charge in [-0.1, -0.05) is 31.5 Å². The highest BCUT2D eigenvalue weighted by molar-refractivity contribution is 6.03. The first-order valence-electron chi connectivity index (χ1n) is 7.94. The number of hydrogen-bond donors (Lipinski definition) is 0. The molecule has 1 fully saturated rings. The minimum Gasteiger partial charge on any atom is -0.422 e. The summed E-state index contributed by atoms with van der Waals surface area (Å²) >= 11 is 0. The fourth-order valence-electron chi connectivity index (χ4n) is 3.30. The second-order valence-electron chi connectivity index (χ2n) is 6.82. The molecule has 1 heterocycles. The van der Waals surface area contributed by atoms with Crippen LogP contribution in [0.15, 0.2) is 18.2 Å². The van der Waals surface area contributed by atoms with Crippen molar-refractivity contribution in [1.29, 1.82) is 0 Å². The zero-order valence-corrected chi connectivity index (χ0v) is 13.4. The van der Waals surface area contributed by atoms with Gasteiger partial charge in [0, 0.05) is 13.8 Å². The van der Waals surface area contributed by atoms with Crippen molar-refractivity contribution in [3.63, 3.8) is 0 Å². The van der Waals surface area contributed by atoms with Crippen molar-refractivity contribution in [1.82, 2.24) is 0 Å². The first kappa shape index (κ1) is 15.1. The van der Waals surface area contributed by atoms with Gasteiger partial charge in [0.05, 0.1) is 0 Å². The maximum Gasteiger partial charge on any atom is 0.327 e. The Hall–Kier alpha value is -1.84. The molecular weight excluding hydrogens is 280 g/mol. The molecular formula is C18H22O4. The number of ether oxygens (including phenoxy) is 2. The molecule has 1 saturated heterocycles. The van der Waals surface area contributed by atoms with Crippen molar-refractivity contribution in [2.45, 2.75) is 58.7 Å². The zero-order valence-electron chi connectivity index (χ0n) is 13.4. The molecule has 4 nitrogen and oxygen atoms in total. The van der Waals surface area contributed by atoms with Crippen molar-refractivity contribution in [3.05, 3.63) is 34.9 Å². The summed E-state index contributed by atoms with van der Waals surface area (Å²) < 4.78 is 10.7. The van der Waals surface area contributed by atoms with Crippen LogP contribution in [0.4, 0.5) is 0 Å². The van der Waals surface area contributed by atoms with E-state index in [9.17, 15) is 9.59 Å². The van der Waals surface area contributed by atoms with Crippen LogP contribution >= 0.6 is 0 Å². The lowest BCUT2D eigenvalue weighted by molar-refractivity contribution is -0.250. The van der Waals surface area contributed by atoms with E-state index in [4.69, 9.17) is 9.47 Å². The maximum absolute atomic E-state index is 12.4. The Morgan fingerprint density at radius 3 is 2.32 bits per heavy atom. The summed E-state index contributed by atoms with van der Waals surface area (Å²) in [7, 11) is 0. The van der Waals surface area contributed by atoms with E-state index in [0.717, 1.165) is 30.4 Å². The van der Waals surface area contributed by atoms with Gasteiger partial charge in [0.15, 0.2) is 5.41 Å². The molecule has 118 valence electrons. The normalized spacial score (nSPS) is 21.4. The standard InChI is InChI=1S/C18H22O4/c1-4-5-6-12-7-8-13-10-18(11-14(13)9-12)15(19)21-17(2,3)22-16(18)20/h7-9H,4-6,10-11H2,1-3H3. The molecule has 0 N–H and O–H groups in total. The van der Waals surface area contributed by atoms with Gasteiger partial charge < -0.3 is 9.47 Å². The first-order chi connectivity index (χ1) is 10.4. The van der Waals surface area contributed by atoms with Crippen molar-refractivity contribution in [2.75, 3.05) is 0 Å². The lowest BCUT2D eigenvalue weighted by atomic mass is 9.84. The fourth-order valence-corrected chi connectivity index (χ4v) is 3.30. The fraction of sp³-hybridized carbons (Fsp3) is 0.556. The number of fused-ring (bicyclic) bond motifs is 1. The monoisotopic (exact) mass is 302 g/mol. The quantitative estimate of drug-likeness (QED) is 0.636. The molecule has 0 saturated carbocycles. The van der Waals surface area contributed by atoms with E-state index in [1.54, 1.807) is 13.8 Å². The minimum absolute atomic E-state index is 0.379. The van der Waals surface area contributed by atoms with Crippen LogP contribution in [0.3, 0.4) is 0 Å². The van der Waals surface area contributed by atoms with Crippen LogP contribution in [-0.4, -0.2) is 17.7 Å². The summed E-state index contributed by atoms with van der Waals surface area (Å²) in [4.78, 5) is 24.9. The molecule has 1 spiro atoms. The molecule has 1 aliphatic carbocycles. The Morgan fingerprint density at radius 1 is 1.05 bits per heavy atom. The lowest BCUT2D eigenvalue weighted by Crippen LogP contribution is -2.54. The Kier molecular flexibility index (Phi) is 3.50. The number of carbonyl (C=O) groups excluding carboxylic acids is 2. The van der Waals surface area contributed by atoms with E-state index < -0.39 is 23.1 Å². The van der Waals surface area contributed by atoms with E-state index in [0.29, 0.717) is 12.8 Å². The molecule has 0 amide bonds. The van der Waals surface area contributed by atoms with Crippen LogP contribution in [0.5, 0.6) is 0 Å². The zero-order chi connectivity index (χ0) is 16.0. The Labute approximate surface area is 130 Å². The molecule has 2 aliphatic rings. The van der Waals surface area contributed by atoms with Gasteiger partial charge in [-0.3, -0.25) is 9.59 Å². The summed E-state index contributed by atoms with van der Waals surface area (Å²) in [6.07, 6.45) is 4.08. The maximum atomic E-state index is 12.4. The van der Waals surface area contributed by atoms with Crippen molar-refractivity contribution in [3.8, 4) is 0 Å². The number of unbranched alkanes of at least 4 members (excludes halogenated alkanes) is 1. The van der Waals surface area contributed by atoms with E-state index in [2.05, 4.69) is 19.1 Å². The van der Waals surface area contributed by atoms with Crippen LogP contribution in [0.25, 0.3) is 0 Å². The molecule has 1 aromatic rings. The van der Waals surface area contributed by atoms with Gasteiger partial charge in [0.1, 0.15) is 0 Å². The number of rotatable bonds is 3. The van der Waals surface area contributed by atoms with Crippen molar-refractivity contribution in [2.24, 2.45) is 5.41 Å². The molecule has 4 heteroatoms. The smallest absolute Gasteiger partial charge is 0.327 e. The Balaban J connectivity index is 1.87. The summed E-state index contributed by atoms with van der Waals surface area (Å²) in [6, 6.07) is 6.26. The SMILES string of the molecule is CCCCc1ccc2c(c1)CC1(C2)C(=O)OC(C)(C)OC1=O. The van der Waals surface area contributed by atoms with Crippen LogP contribution in [0.2, 0.25) is 0 Å². The van der Waals surface area contributed by atoms with Crippen molar-refractivity contribution >= 4 is 11.9 Å². The van der Waals surface area contributed by atoms with Crippen LogP contribution in [0.1, 0.15) is 50.3 Å². The van der Waals surface area contributed by atoms with Crippen molar-refractivity contribution < 1.29 is 19.1 Å². The Bertz CT molecular complexity index is 610. The van der Waals surface area contributed by atoms with Gasteiger partial charge in [0.25, 0.3) is 5.79 Å². The second kappa shape index (κ2) is 5.11. The number of aryl methyl sites for hydroxylation is 1. The summed E-state index contributed by atoms with van der Waals surface area (Å²) in [5.74, 6) is -2.08. The topological polar surface area (TPSA) is 52.6 Å². The summed E-state index contributed by atoms with van der Waals surface area (Å²) in [6.45, 7) is 5.33. The van der Waals surface area contributed by atoms with Gasteiger partial charge in [0.2, 0.25) is 0 Å². The van der Waals surface area contributed by atoms with E-state index in [1.807, 2.05) is 6.07 Å². The molecule has 1 aliphatic heterocycles. The molecule has 1 aromatic carbocycles. The number of esters is 2. The van der Waals surface area contributed by atoms with Gasteiger partial charge >= 0.3 is 11.9 Å². The lowest BCUT2D eigenvalue weighted by Gasteiger charge is -2.38. The average molecular weight is 302 g/mol. The van der Waals surface area contributed by atoms with E-state index in [-0.39, 0.29) is 0 Å². The molecule has 0 radical (unpaired) electrons. The van der Waals surface area contributed by atoms with Crippen LogP contribution in [0, 0.1) is 5.41 Å². The van der Waals surface area contributed by atoms with Crippen LogP contribution in [-0.2, 0) is 38.3 Å². The van der Waals surface area contributed by atoms with Gasteiger partial charge in [-0.2, -0.15) is 0 Å². The van der Waals surface area contributed by atoms with Gasteiger partial charge in [-0.25, -0.2) is 0 Å². The molecule has 0 unspecified atom stereocenters. The predicted octanol–water partition coefficient (Wildman–Crippen LogP) is 2.95. The summed E-state index contributed by atoms with van der Waals surface area (Å²) in [5, 5.41) is 0. The third-order valence-electron chi connectivity index (χ3n) is 4.53. The predicted molar refractivity (Wildman–Crippen MR) is 81.2 cm³/mol. The minimum atomic E-state index is -1.18. The third-order valence-corrected chi connectivity index (χ3v) is 4.53. The summed E-state index contributed by atoms with van der Waals surface area (Å²) in [5.41, 5.74) is 2.20. The highest BCUT2D eigenvalue weighted by Gasteiger charge is 2.58. The van der Waals surface area contributed by atoms with E-state index >= 15 is 0 Å². The molecule has 22 heavy (non-hydrogen) atoms. The second-order valence-corrected chi connectivity index (χ2v) is 6.82. The van der Waals surface area contributed by atoms with Crippen LogP contribution < -0.4 is 0 Å². The van der Waals surface area contributed by atoms with E-state index in [1.165, 1.54) is 5.56 Å². The highest BCUT2D eigenvalue weighted by Crippen LogP contribution is 2.44. The largest absolute Gasteiger partial charge is 0.422 e. The Morgan fingerprint density at radius 2 is 1.68 bits per heavy atom. The molecule has 0 aromatic heterocycles. The number of carbonyl (C=O) groups is 2. The first-order valence-corrected chi connectivity index (χ1v) is 7.94. The molecule has 0 atom stereocenters.